The van der Waals surface area contributed by atoms with E-state index in [1.807, 2.05) is 27.2 Å². The first kappa shape index (κ1) is 80.9. The number of rotatable bonds is 66. The van der Waals surface area contributed by atoms with Crippen molar-refractivity contribution < 1.29 is 32.9 Å². The highest BCUT2D eigenvalue weighted by Crippen LogP contribution is 2.38. The molecule has 0 aromatic carbocycles. The summed E-state index contributed by atoms with van der Waals surface area (Å²) >= 11 is 0. The molecule has 486 valence electrons. The van der Waals surface area contributed by atoms with Gasteiger partial charge in [-0.2, -0.15) is 0 Å². The zero-order valence-electron chi connectivity index (χ0n) is 55.6. The highest BCUT2D eigenvalue weighted by atomic mass is 31.2. The molecular weight excluding hydrogens is 1040 g/mol. The molecule has 0 aliphatic rings. The van der Waals surface area contributed by atoms with Gasteiger partial charge < -0.3 is 28.8 Å². The number of hydrogen-bond acceptors (Lipinski definition) is 6. The van der Waals surface area contributed by atoms with Crippen LogP contribution in [0.4, 0.5) is 0 Å². The number of likely N-dealkylation sites (N-methyl/N-ethyl adjacent to an activating group) is 1. The molecule has 8 nitrogen and oxygen atoms in total. The van der Waals surface area contributed by atoms with E-state index < -0.39 is 26.6 Å². The van der Waals surface area contributed by atoms with E-state index in [0.717, 1.165) is 64.2 Å². The molecule has 0 aromatic heterocycles. The van der Waals surface area contributed by atoms with Gasteiger partial charge in [-0.05, 0) is 70.6 Å². The van der Waals surface area contributed by atoms with E-state index in [1.54, 1.807) is 6.08 Å². The minimum absolute atomic E-state index is 0.00594. The van der Waals surface area contributed by atoms with Crippen molar-refractivity contribution in [1.82, 2.24) is 5.32 Å². The second-order valence-corrected chi connectivity index (χ2v) is 27.0. The molecule has 83 heavy (non-hydrogen) atoms. The number of carbonyl (C=O) groups excluding carboxylic acids is 1. The molecule has 0 spiro atoms. The number of phosphoric ester groups is 1. The van der Waals surface area contributed by atoms with Crippen molar-refractivity contribution in [3.63, 3.8) is 0 Å². The van der Waals surface area contributed by atoms with Crippen molar-refractivity contribution >= 4 is 13.7 Å². The standard InChI is InChI=1S/C74H139N2O6P/c1-6-8-10-12-14-16-18-20-22-24-26-28-30-32-33-34-35-36-37-38-39-40-41-42-43-44-46-48-50-52-54-56-58-60-62-64-66-68-74(78)75-72(71-82-83(79,80)81-70-69-76(3,4)5)73(77)67-65-63-61-59-57-55-53-51-49-47-45-31-29-27-25-23-21-19-17-15-13-11-9-7-2/h8,10,14,16,20,22,26,28,57,59,65,67,72-73,77H,6-7,9,11-13,15,17-19,21,23-25,27,29-56,58,60-64,66,68-71H2,1-5H3,(H-,75,78,79,80)/b10-8-,16-14-,22-20-,28-26-,59-57+,67-65+. The van der Waals surface area contributed by atoms with Gasteiger partial charge in [0.2, 0.25) is 5.91 Å². The lowest BCUT2D eigenvalue weighted by atomic mass is 10.0. The first-order chi connectivity index (χ1) is 40.5. The zero-order chi connectivity index (χ0) is 60.5. The number of amides is 1. The van der Waals surface area contributed by atoms with Crippen LogP contribution in [0.5, 0.6) is 0 Å². The maximum absolute atomic E-state index is 13.0. The van der Waals surface area contributed by atoms with Crippen molar-refractivity contribution in [2.75, 3.05) is 40.9 Å². The summed E-state index contributed by atoms with van der Waals surface area (Å²) in [5.41, 5.74) is 0. The van der Waals surface area contributed by atoms with Gasteiger partial charge in [0.25, 0.3) is 7.82 Å². The lowest BCUT2D eigenvalue weighted by molar-refractivity contribution is -0.870. The van der Waals surface area contributed by atoms with E-state index in [9.17, 15) is 19.4 Å². The van der Waals surface area contributed by atoms with Gasteiger partial charge in [0.15, 0.2) is 0 Å². The number of aliphatic hydroxyl groups is 1. The van der Waals surface area contributed by atoms with Crippen LogP contribution in [0.3, 0.4) is 0 Å². The van der Waals surface area contributed by atoms with Crippen molar-refractivity contribution in [3.05, 3.63) is 72.9 Å². The summed E-state index contributed by atoms with van der Waals surface area (Å²) < 4.78 is 23.4. The van der Waals surface area contributed by atoms with E-state index in [2.05, 4.69) is 79.9 Å². The molecule has 0 saturated heterocycles. The van der Waals surface area contributed by atoms with Crippen LogP contribution in [0.2, 0.25) is 0 Å². The predicted octanol–water partition coefficient (Wildman–Crippen LogP) is 22.3. The number of unbranched alkanes of at least 4 members (excludes halogenated alkanes) is 43. The Bertz CT molecular complexity index is 1580. The maximum Gasteiger partial charge on any atom is 0.268 e. The van der Waals surface area contributed by atoms with Crippen LogP contribution >= 0.6 is 7.82 Å². The molecule has 0 bridgehead atoms. The number of phosphoric acid groups is 1. The van der Waals surface area contributed by atoms with Crippen molar-refractivity contribution in [2.24, 2.45) is 0 Å². The largest absolute Gasteiger partial charge is 0.756 e. The fourth-order valence-electron chi connectivity index (χ4n) is 10.6. The first-order valence-corrected chi connectivity index (χ1v) is 37.3. The molecule has 0 heterocycles. The second kappa shape index (κ2) is 64.4. The highest BCUT2D eigenvalue weighted by molar-refractivity contribution is 7.45. The molecule has 9 heteroatoms. The number of quaternary nitrogens is 1. The van der Waals surface area contributed by atoms with E-state index in [-0.39, 0.29) is 12.5 Å². The number of carbonyl (C=O) groups is 1. The van der Waals surface area contributed by atoms with Gasteiger partial charge in [0.1, 0.15) is 13.2 Å². The summed E-state index contributed by atoms with van der Waals surface area (Å²) in [6.07, 6.45) is 90.4. The van der Waals surface area contributed by atoms with Gasteiger partial charge in [-0.25, -0.2) is 0 Å². The Labute approximate surface area is 516 Å². The number of hydrogen-bond donors (Lipinski definition) is 2. The number of nitrogens with one attached hydrogen (secondary N) is 1. The summed E-state index contributed by atoms with van der Waals surface area (Å²) in [5, 5.41) is 13.9. The molecule has 2 N–H and O–H groups in total. The van der Waals surface area contributed by atoms with E-state index in [4.69, 9.17) is 9.05 Å². The monoisotopic (exact) mass is 1180 g/mol. The molecule has 0 saturated carbocycles. The minimum Gasteiger partial charge on any atom is -0.756 e. The summed E-state index contributed by atoms with van der Waals surface area (Å²) in [6, 6.07) is -0.905. The van der Waals surface area contributed by atoms with E-state index in [0.29, 0.717) is 17.4 Å². The first-order valence-electron chi connectivity index (χ1n) is 35.8. The molecule has 3 unspecified atom stereocenters. The van der Waals surface area contributed by atoms with E-state index >= 15 is 0 Å². The summed E-state index contributed by atoms with van der Waals surface area (Å²) in [6.45, 7) is 4.56. The molecule has 0 rings (SSSR count). The minimum atomic E-state index is -4.61. The summed E-state index contributed by atoms with van der Waals surface area (Å²) in [5.74, 6) is -0.201. The number of nitrogens with zero attached hydrogens (tertiary/aromatic N) is 1. The van der Waals surface area contributed by atoms with Gasteiger partial charge in [0.05, 0.1) is 39.9 Å². The molecular formula is C74H139N2O6P. The molecule has 0 radical (unpaired) electrons. The van der Waals surface area contributed by atoms with Crippen LogP contribution in [-0.4, -0.2) is 68.5 Å². The Morgan fingerprint density at radius 3 is 1.12 bits per heavy atom. The second-order valence-electron chi connectivity index (χ2n) is 25.6. The molecule has 0 aliphatic heterocycles. The fraction of sp³-hybridized carbons (Fsp3) is 0.824. The lowest BCUT2D eigenvalue weighted by Gasteiger charge is -2.29. The molecule has 0 aliphatic carbocycles. The van der Waals surface area contributed by atoms with Crippen molar-refractivity contribution in [3.8, 4) is 0 Å². The fourth-order valence-corrected chi connectivity index (χ4v) is 11.4. The summed E-state index contributed by atoms with van der Waals surface area (Å²) in [7, 11) is 1.26. The molecule has 0 fully saturated rings. The van der Waals surface area contributed by atoms with Crippen LogP contribution in [0.25, 0.3) is 0 Å². The topological polar surface area (TPSA) is 108 Å². The highest BCUT2D eigenvalue weighted by Gasteiger charge is 2.23. The smallest absolute Gasteiger partial charge is 0.268 e. The summed E-state index contributed by atoms with van der Waals surface area (Å²) in [4.78, 5) is 25.6. The van der Waals surface area contributed by atoms with Gasteiger partial charge in [-0.1, -0.05) is 337 Å². The van der Waals surface area contributed by atoms with Crippen LogP contribution in [0.1, 0.15) is 341 Å². The van der Waals surface area contributed by atoms with Crippen molar-refractivity contribution in [1.29, 1.82) is 0 Å². The van der Waals surface area contributed by atoms with Crippen LogP contribution < -0.4 is 10.2 Å². The van der Waals surface area contributed by atoms with Crippen LogP contribution in [-0.2, 0) is 18.4 Å². The third-order valence-corrected chi connectivity index (χ3v) is 17.1. The Balaban J connectivity index is 4.01. The average Bonchev–Trinajstić information content (AvgIpc) is 3.50. The molecule has 1 amide bonds. The van der Waals surface area contributed by atoms with Crippen molar-refractivity contribution in [2.45, 2.75) is 353 Å². The van der Waals surface area contributed by atoms with E-state index in [1.165, 1.54) is 257 Å². The predicted molar refractivity (Wildman–Crippen MR) is 362 cm³/mol. The number of aliphatic hydroxyl groups excluding tert-OH is 1. The Morgan fingerprint density at radius 2 is 0.747 bits per heavy atom. The maximum atomic E-state index is 13.0. The average molecular weight is 1180 g/mol. The van der Waals surface area contributed by atoms with Crippen LogP contribution in [0.15, 0.2) is 72.9 Å². The van der Waals surface area contributed by atoms with Gasteiger partial charge in [0, 0.05) is 6.42 Å². The quantitative estimate of drug-likeness (QED) is 0.0272. The number of allylic oxidation sites excluding steroid dienone is 11. The van der Waals surface area contributed by atoms with Gasteiger partial charge >= 0.3 is 0 Å². The molecule has 0 aromatic rings. The Morgan fingerprint density at radius 1 is 0.434 bits per heavy atom. The van der Waals surface area contributed by atoms with Gasteiger partial charge in [-0.15, -0.1) is 0 Å². The third-order valence-electron chi connectivity index (χ3n) is 16.2. The Hall–Kier alpha value is -2.06. The third kappa shape index (κ3) is 67.3. The zero-order valence-corrected chi connectivity index (χ0v) is 56.5. The van der Waals surface area contributed by atoms with Crippen LogP contribution in [0, 0.1) is 0 Å². The SMILES string of the molecule is CC/C=C\C/C=C\C/C=C\C/C=C\CCCCCCCCCCCCCCCCCCCCCCCCCCC(=O)NC(COP(=O)([O-])OCC[N+](C)(C)C)C(O)/C=C/CC/C=C/CCCCCCCCCCCCCCCCCCCC. The lowest BCUT2D eigenvalue weighted by Crippen LogP contribution is -2.45. The molecule has 3 atom stereocenters. The van der Waals surface area contributed by atoms with Gasteiger partial charge in [-0.3, -0.25) is 9.36 Å². The Kier molecular flexibility index (Phi) is 62.8. The normalized spacial score (nSPS) is 14.1.